The maximum Gasteiger partial charge on any atom is 0.321 e. The highest BCUT2D eigenvalue weighted by Gasteiger charge is 2.25. The maximum atomic E-state index is 13.7. The number of thiophene rings is 1. The van der Waals surface area contributed by atoms with Crippen LogP contribution in [0.4, 0.5) is 10.5 Å². The van der Waals surface area contributed by atoms with Gasteiger partial charge in [0.15, 0.2) is 0 Å². The average molecular weight is 491 g/mol. The van der Waals surface area contributed by atoms with Crippen LogP contribution in [-0.2, 0) is 0 Å². The number of nitrogens with zero attached hydrogens (tertiary/aromatic N) is 3. The lowest BCUT2D eigenvalue weighted by molar-refractivity contribution is 0.0764. The molecule has 2 aromatic heterocycles. The van der Waals surface area contributed by atoms with Gasteiger partial charge in [-0.15, -0.1) is 11.3 Å². The zero-order chi connectivity index (χ0) is 23.5. The van der Waals surface area contributed by atoms with Crippen molar-refractivity contribution in [3.05, 3.63) is 82.7 Å². The highest BCUT2D eigenvalue weighted by Crippen LogP contribution is 2.29. The lowest BCUT2D eigenvalue weighted by Crippen LogP contribution is -2.39. The van der Waals surface area contributed by atoms with Crippen molar-refractivity contribution in [2.45, 2.75) is 6.42 Å². The third-order valence-corrected chi connectivity index (χ3v) is 7.03. The van der Waals surface area contributed by atoms with Crippen LogP contribution in [-0.4, -0.2) is 52.9 Å². The molecule has 0 unspecified atom stereocenters. The van der Waals surface area contributed by atoms with Crippen LogP contribution in [0.15, 0.2) is 72.1 Å². The summed E-state index contributed by atoms with van der Waals surface area (Å²) in [6.07, 6.45) is 0.709. The van der Waals surface area contributed by atoms with Gasteiger partial charge < -0.3 is 15.1 Å². The molecule has 0 spiro atoms. The number of halogens is 1. The van der Waals surface area contributed by atoms with Gasteiger partial charge in [0.1, 0.15) is 0 Å². The van der Waals surface area contributed by atoms with Crippen LogP contribution in [0.5, 0.6) is 0 Å². The molecule has 2 aromatic carbocycles. The monoisotopic (exact) mass is 490 g/mol. The van der Waals surface area contributed by atoms with Crippen molar-refractivity contribution < 1.29 is 9.59 Å². The molecule has 1 aliphatic heterocycles. The Bertz CT molecular complexity index is 1320. The molecule has 3 heterocycles. The van der Waals surface area contributed by atoms with Gasteiger partial charge in [-0.1, -0.05) is 35.9 Å². The van der Waals surface area contributed by atoms with Crippen molar-refractivity contribution in [1.82, 2.24) is 14.8 Å². The molecule has 0 aliphatic carbocycles. The van der Waals surface area contributed by atoms with Gasteiger partial charge in [0.25, 0.3) is 5.91 Å². The first-order valence-corrected chi connectivity index (χ1v) is 12.4. The number of para-hydroxylation sites is 1. The molecule has 8 heteroatoms. The second-order valence-corrected chi connectivity index (χ2v) is 9.50. The SMILES string of the molecule is O=C(Nc1ccc(Cl)cc1)N1CCCN(C(=O)c2cc(-c3cccs3)nc3ccccc23)CC1. The van der Waals surface area contributed by atoms with E-state index in [0.29, 0.717) is 48.9 Å². The van der Waals surface area contributed by atoms with Crippen LogP contribution in [0.1, 0.15) is 16.8 Å². The number of carbonyl (C=O) groups is 2. The molecule has 172 valence electrons. The number of pyridine rings is 1. The van der Waals surface area contributed by atoms with Crippen molar-refractivity contribution >= 4 is 51.5 Å². The molecule has 1 saturated heterocycles. The summed E-state index contributed by atoms with van der Waals surface area (Å²) in [4.78, 5) is 35.8. The van der Waals surface area contributed by atoms with Crippen molar-refractivity contribution in [2.24, 2.45) is 0 Å². The summed E-state index contributed by atoms with van der Waals surface area (Å²) in [6, 6.07) is 20.5. The molecule has 1 N–H and O–H groups in total. The van der Waals surface area contributed by atoms with Gasteiger partial charge in [0.05, 0.1) is 21.7 Å². The fourth-order valence-corrected chi connectivity index (χ4v) is 4.94. The average Bonchev–Trinajstić information content (AvgIpc) is 3.29. The zero-order valence-electron chi connectivity index (χ0n) is 18.4. The van der Waals surface area contributed by atoms with Crippen molar-refractivity contribution in [3.8, 4) is 10.6 Å². The largest absolute Gasteiger partial charge is 0.337 e. The predicted octanol–water partition coefficient (Wildman–Crippen LogP) is 6.00. The third kappa shape index (κ3) is 4.76. The van der Waals surface area contributed by atoms with Crippen LogP contribution < -0.4 is 5.32 Å². The standard InChI is InChI=1S/C26H23ClN4O2S/c27-18-8-10-19(11-9-18)28-26(33)31-13-4-12-30(14-15-31)25(32)21-17-23(24-7-3-16-34-24)29-22-6-2-1-5-20(21)22/h1-3,5-11,16-17H,4,12-15H2,(H,28,33). The summed E-state index contributed by atoms with van der Waals surface area (Å²) in [5.41, 5.74) is 2.94. The Morgan fingerprint density at radius 2 is 1.68 bits per heavy atom. The number of nitrogens with one attached hydrogen (secondary N) is 1. The van der Waals surface area contributed by atoms with Crippen LogP contribution in [0.25, 0.3) is 21.5 Å². The lowest BCUT2D eigenvalue weighted by Gasteiger charge is -2.23. The summed E-state index contributed by atoms with van der Waals surface area (Å²) in [6.45, 7) is 2.11. The van der Waals surface area contributed by atoms with E-state index in [0.717, 1.165) is 21.5 Å². The van der Waals surface area contributed by atoms with Gasteiger partial charge in [-0.05, 0) is 54.3 Å². The fourth-order valence-electron chi connectivity index (χ4n) is 4.13. The van der Waals surface area contributed by atoms with E-state index in [1.807, 2.05) is 52.7 Å². The van der Waals surface area contributed by atoms with Gasteiger partial charge in [-0.3, -0.25) is 4.79 Å². The zero-order valence-corrected chi connectivity index (χ0v) is 20.0. The molecule has 0 bridgehead atoms. The Labute approximate surface area is 206 Å². The first-order chi connectivity index (χ1) is 16.6. The molecule has 0 radical (unpaired) electrons. The topological polar surface area (TPSA) is 65.5 Å². The van der Waals surface area contributed by atoms with Gasteiger partial charge in [0, 0.05) is 42.3 Å². The molecule has 3 amide bonds. The highest BCUT2D eigenvalue weighted by molar-refractivity contribution is 7.13. The van der Waals surface area contributed by atoms with E-state index in [1.54, 1.807) is 40.5 Å². The first kappa shape index (κ1) is 22.4. The first-order valence-electron chi connectivity index (χ1n) is 11.1. The van der Waals surface area contributed by atoms with E-state index in [9.17, 15) is 9.59 Å². The van der Waals surface area contributed by atoms with Crippen LogP contribution >= 0.6 is 22.9 Å². The van der Waals surface area contributed by atoms with E-state index in [1.165, 1.54) is 0 Å². The summed E-state index contributed by atoms with van der Waals surface area (Å²) < 4.78 is 0. The summed E-state index contributed by atoms with van der Waals surface area (Å²) in [7, 11) is 0. The van der Waals surface area contributed by atoms with Crippen LogP contribution in [0, 0.1) is 0 Å². The number of aromatic nitrogens is 1. The molecule has 1 aliphatic rings. The lowest BCUT2D eigenvalue weighted by atomic mass is 10.1. The van der Waals surface area contributed by atoms with E-state index >= 15 is 0 Å². The summed E-state index contributed by atoms with van der Waals surface area (Å²) in [5.74, 6) is -0.0311. The molecular weight excluding hydrogens is 468 g/mol. The van der Waals surface area contributed by atoms with Gasteiger partial charge in [-0.2, -0.15) is 0 Å². The molecule has 4 aromatic rings. The third-order valence-electron chi connectivity index (χ3n) is 5.89. The number of carbonyl (C=O) groups excluding carboxylic acids is 2. The quantitative estimate of drug-likeness (QED) is 0.383. The van der Waals surface area contributed by atoms with Gasteiger partial charge in [-0.25, -0.2) is 9.78 Å². The van der Waals surface area contributed by atoms with Crippen LogP contribution in [0.3, 0.4) is 0 Å². The Morgan fingerprint density at radius 1 is 0.912 bits per heavy atom. The second kappa shape index (κ2) is 9.83. The van der Waals surface area contributed by atoms with E-state index < -0.39 is 0 Å². The van der Waals surface area contributed by atoms with E-state index in [2.05, 4.69) is 5.32 Å². The van der Waals surface area contributed by atoms with Gasteiger partial charge in [0.2, 0.25) is 0 Å². The minimum atomic E-state index is -0.175. The second-order valence-electron chi connectivity index (χ2n) is 8.12. The van der Waals surface area contributed by atoms with Crippen LogP contribution in [0.2, 0.25) is 5.02 Å². The Morgan fingerprint density at radius 3 is 2.47 bits per heavy atom. The van der Waals surface area contributed by atoms with Gasteiger partial charge >= 0.3 is 6.03 Å². The van der Waals surface area contributed by atoms with Crippen molar-refractivity contribution in [1.29, 1.82) is 0 Å². The Kier molecular flexibility index (Phi) is 6.47. The highest BCUT2D eigenvalue weighted by atomic mass is 35.5. The molecule has 34 heavy (non-hydrogen) atoms. The number of hydrogen-bond donors (Lipinski definition) is 1. The number of amides is 3. The molecule has 1 fully saturated rings. The minimum absolute atomic E-state index is 0.0311. The molecule has 0 atom stereocenters. The van der Waals surface area contributed by atoms with Crippen molar-refractivity contribution in [3.63, 3.8) is 0 Å². The number of rotatable bonds is 3. The number of hydrogen-bond acceptors (Lipinski definition) is 4. The molecule has 5 rings (SSSR count). The smallest absolute Gasteiger partial charge is 0.321 e. The number of anilines is 1. The maximum absolute atomic E-state index is 13.7. The van der Waals surface area contributed by atoms with Crippen molar-refractivity contribution in [2.75, 3.05) is 31.5 Å². The normalized spacial score (nSPS) is 14.1. The predicted molar refractivity (Wildman–Crippen MR) is 138 cm³/mol. The van der Waals surface area contributed by atoms with E-state index in [-0.39, 0.29) is 11.9 Å². The van der Waals surface area contributed by atoms with E-state index in [4.69, 9.17) is 16.6 Å². The molecule has 6 nitrogen and oxygen atoms in total. The molecular formula is C26H23ClN4O2S. The Balaban J connectivity index is 1.34. The number of urea groups is 1. The number of fused-ring (bicyclic) bond motifs is 1. The number of benzene rings is 2. The summed E-state index contributed by atoms with van der Waals surface area (Å²) in [5, 5.41) is 6.37. The minimum Gasteiger partial charge on any atom is -0.337 e. The summed E-state index contributed by atoms with van der Waals surface area (Å²) >= 11 is 7.53. The fraction of sp³-hybridized carbons (Fsp3) is 0.192. The molecule has 0 saturated carbocycles. The Hall–Kier alpha value is -3.42.